The van der Waals surface area contributed by atoms with Crippen LogP contribution in [0.3, 0.4) is 0 Å². The van der Waals surface area contributed by atoms with E-state index in [2.05, 4.69) is 40.2 Å². The lowest BCUT2D eigenvalue weighted by Crippen LogP contribution is -2.26. The maximum absolute atomic E-state index is 12.8. The number of para-hydroxylation sites is 2. The van der Waals surface area contributed by atoms with Crippen LogP contribution in [0.15, 0.2) is 97.1 Å². The molecule has 1 heterocycles. The van der Waals surface area contributed by atoms with Gasteiger partial charge in [-0.3, -0.25) is 4.79 Å². The van der Waals surface area contributed by atoms with Crippen molar-refractivity contribution in [2.45, 2.75) is 32.9 Å². The van der Waals surface area contributed by atoms with Crippen LogP contribution < -0.4 is 10.1 Å². The number of halogens is 1. The molecule has 0 bridgehead atoms. The van der Waals surface area contributed by atoms with Crippen molar-refractivity contribution in [2.24, 2.45) is 0 Å². The first-order valence-corrected chi connectivity index (χ1v) is 13.2. The molecule has 0 fully saturated rings. The molecule has 0 aliphatic carbocycles. The minimum absolute atomic E-state index is 0.0301. The Balaban J connectivity index is 1.19. The predicted octanol–water partition coefficient (Wildman–Crippen LogP) is 6.99. The lowest BCUT2D eigenvalue weighted by molar-refractivity contribution is -0.120. The molecule has 6 heteroatoms. The minimum atomic E-state index is -0.0301. The van der Waals surface area contributed by atoms with Gasteiger partial charge in [-0.05, 0) is 65.9 Å². The molecule has 0 spiro atoms. The van der Waals surface area contributed by atoms with Crippen LogP contribution >= 0.6 is 11.6 Å². The summed E-state index contributed by atoms with van der Waals surface area (Å²) in [4.78, 5) is 17.5. The van der Waals surface area contributed by atoms with Crippen molar-refractivity contribution in [1.29, 1.82) is 0 Å². The Bertz CT molecular complexity index is 1530. The highest BCUT2D eigenvalue weighted by Gasteiger charge is 2.12. The van der Waals surface area contributed by atoms with Gasteiger partial charge in [0.15, 0.2) is 0 Å². The maximum Gasteiger partial charge on any atom is 0.224 e. The van der Waals surface area contributed by atoms with E-state index < -0.39 is 0 Å². The second-order valence-corrected chi connectivity index (χ2v) is 9.71. The highest BCUT2D eigenvalue weighted by atomic mass is 35.5. The Morgan fingerprint density at radius 3 is 2.45 bits per heavy atom. The van der Waals surface area contributed by atoms with Crippen LogP contribution in [0, 0.1) is 6.92 Å². The predicted molar refractivity (Wildman–Crippen MR) is 153 cm³/mol. The van der Waals surface area contributed by atoms with Crippen LogP contribution in [-0.2, 0) is 24.3 Å². The number of hydrogen-bond acceptors (Lipinski definition) is 3. The molecule has 4 aromatic carbocycles. The van der Waals surface area contributed by atoms with Crippen molar-refractivity contribution >= 4 is 28.5 Å². The number of fused-ring (bicyclic) bond motifs is 1. The number of nitrogens with one attached hydrogen (secondary N) is 1. The van der Waals surface area contributed by atoms with Gasteiger partial charge in [-0.1, -0.05) is 78.3 Å². The molecule has 1 aromatic heterocycles. The smallest absolute Gasteiger partial charge is 0.224 e. The zero-order valence-electron chi connectivity index (χ0n) is 21.4. The molecular formula is C32H30ClN3O2. The first-order chi connectivity index (χ1) is 18.6. The second kappa shape index (κ2) is 12.0. The van der Waals surface area contributed by atoms with Gasteiger partial charge in [0.2, 0.25) is 5.91 Å². The molecule has 0 aliphatic heterocycles. The van der Waals surface area contributed by atoms with Gasteiger partial charge in [-0.25, -0.2) is 4.98 Å². The fourth-order valence-corrected chi connectivity index (χ4v) is 4.62. The Hall–Kier alpha value is -4.09. The molecule has 192 valence electrons. The quantitative estimate of drug-likeness (QED) is 0.201. The number of carbonyl (C=O) groups is 1. The van der Waals surface area contributed by atoms with E-state index in [0.29, 0.717) is 19.6 Å². The third-order valence-electron chi connectivity index (χ3n) is 6.53. The monoisotopic (exact) mass is 523 g/mol. The van der Waals surface area contributed by atoms with Crippen molar-refractivity contribution in [1.82, 2.24) is 14.9 Å². The molecule has 0 atom stereocenters. The van der Waals surface area contributed by atoms with Crippen LogP contribution in [0.4, 0.5) is 0 Å². The molecule has 5 nitrogen and oxygen atoms in total. The van der Waals surface area contributed by atoms with Gasteiger partial charge in [-0.2, -0.15) is 0 Å². The summed E-state index contributed by atoms with van der Waals surface area (Å²) in [5.74, 6) is 1.62. The Labute approximate surface area is 228 Å². The summed E-state index contributed by atoms with van der Waals surface area (Å²) in [5.41, 5.74) is 6.24. The van der Waals surface area contributed by atoms with Gasteiger partial charge in [0.25, 0.3) is 0 Å². The SMILES string of the molecule is Cc1cc(OCCCn2c(CNC(=O)Cc3ccc(-c4ccccc4)cc3)nc3ccccc32)ccc1Cl. The summed E-state index contributed by atoms with van der Waals surface area (Å²) < 4.78 is 8.10. The molecule has 0 unspecified atom stereocenters. The largest absolute Gasteiger partial charge is 0.494 e. The van der Waals surface area contributed by atoms with Crippen LogP contribution in [0.25, 0.3) is 22.2 Å². The van der Waals surface area contributed by atoms with Crippen molar-refractivity contribution < 1.29 is 9.53 Å². The third-order valence-corrected chi connectivity index (χ3v) is 6.95. The minimum Gasteiger partial charge on any atom is -0.494 e. The van der Waals surface area contributed by atoms with Gasteiger partial charge in [0, 0.05) is 11.6 Å². The molecule has 38 heavy (non-hydrogen) atoms. The highest BCUT2D eigenvalue weighted by molar-refractivity contribution is 6.31. The number of carbonyl (C=O) groups excluding carboxylic acids is 1. The topological polar surface area (TPSA) is 56.1 Å². The van der Waals surface area contributed by atoms with Crippen molar-refractivity contribution in [2.75, 3.05) is 6.61 Å². The molecule has 1 N–H and O–H groups in total. The Morgan fingerprint density at radius 2 is 1.66 bits per heavy atom. The number of hydrogen-bond donors (Lipinski definition) is 1. The molecule has 1 amide bonds. The standard InChI is InChI=1S/C32H30ClN3O2/c1-23-20-27(16-17-28(23)33)38-19-7-18-36-30-11-6-5-10-29(30)35-31(36)22-34-32(37)21-24-12-14-26(15-13-24)25-8-3-2-4-9-25/h2-6,8-17,20H,7,18-19,21-22H2,1H3,(H,34,37). The van der Waals surface area contributed by atoms with Gasteiger partial charge in [0.05, 0.1) is 30.6 Å². The molecule has 5 rings (SSSR count). The van der Waals surface area contributed by atoms with E-state index in [-0.39, 0.29) is 5.91 Å². The van der Waals surface area contributed by atoms with Crippen molar-refractivity contribution in [3.8, 4) is 16.9 Å². The third kappa shape index (κ3) is 6.24. The summed E-state index contributed by atoms with van der Waals surface area (Å²) in [5, 5.41) is 3.79. The Morgan fingerprint density at radius 1 is 0.921 bits per heavy atom. The van der Waals surface area contributed by atoms with Crippen molar-refractivity contribution in [3.63, 3.8) is 0 Å². The number of nitrogens with zero attached hydrogens (tertiary/aromatic N) is 2. The lowest BCUT2D eigenvalue weighted by atomic mass is 10.0. The zero-order chi connectivity index (χ0) is 26.3. The van der Waals surface area contributed by atoms with Crippen LogP contribution in [0.1, 0.15) is 23.4 Å². The zero-order valence-corrected chi connectivity index (χ0v) is 22.1. The molecular weight excluding hydrogens is 494 g/mol. The number of aromatic nitrogens is 2. The number of rotatable bonds is 10. The van der Waals surface area contributed by atoms with E-state index in [0.717, 1.165) is 62.8 Å². The number of aryl methyl sites for hydroxylation is 2. The second-order valence-electron chi connectivity index (χ2n) is 9.30. The summed E-state index contributed by atoms with van der Waals surface area (Å²) in [6.45, 7) is 3.64. The average Bonchev–Trinajstić information content (AvgIpc) is 3.30. The van der Waals surface area contributed by atoms with Gasteiger partial charge in [0.1, 0.15) is 11.6 Å². The first kappa shape index (κ1) is 25.6. The Kier molecular flexibility index (Phi) is 8.05. The number of ether oxygens (including phenoxy) is 1. The summed E-state index contributed by atoms with van der Waals surface area (Å²) in [6, 6.07) is 32.1. The fraction of sp³-hybridized carbons (Fsp3) is 0.188. The maximum atomic E-state index is 12.8. The van der Waals surface area contributed by atoms with Crippen molar-refractivity contribution in [3.05, 3.63) is 119 Å². The van der Waals surface area contributed by atoms with E-state index in [1.165, 1.54) is 0 Å². The molecule has 5 aromatic rings. The normalized spacial score (nSPS) is 11.0. The molecule has 0 radical (unpaired) electrons. The number of amides is 1. The molecule has 0 aliphatic rings. The fourth-order valence-electron chi connectivity index (χ4n) is 4.50. The lowest BCUT2D eigenvalue weighted by Gasteiger charge is -2.12. The molecule has 0 saturated carbocycles. The number of imidazole rings is 1. The number of benzene rings is 4. The van der Waals surface area contributed by atoms with E-state index in [1.807, 2.05) is 73.7 Å². The van der Waals surface area contributed by atoms with E-state index in [4.69, 9.17) is 21.3 Å². The highest BCUT2D eigenvalue weighted by Crippen LogP contribution is 2.22. The van der Waals surface area contributed by atoms with Crippen LogP contribution in [0.2, 0.25) is 5.02 Å². The van der Waals surface area contributed by atoms with E-state index in [9.17, 15) is 4.79 Å². The van der Waals surface area contributed by atoms with Gasteiger partial charge < -0.3 is 14.6 Å². The van der Waals surface area contributed by atoms with Crippen LogP contribution in [-0.4, -0.2) is 22.1 Å². The first-order valence-electron chi connectivity index (χ1n) is 12.8. The van der Waals surface area contributed by atoms with Gasteiger partial charge in [-0.15, -0.1) is 0 Å². The van der Waals surface area contributed by atoms with Gasteiger partial charge >= 0.3 is 0 Å². The summed E-state index contributed by atoms with van der Waals surface area (Å²) in [7, 11) is 0. The van der Waals surface area contributed by atoms with E-state index in [1.54, 1.807) is 0 Å². The summed E-state index contributed by atoms with van der Waals surface area (Å²) in [6.07, 6.45) is 1.13. The molecule has 0 saturated heterocycles. The summed E-state index contributed by atoms with van der Waals surface area (Å²) >= 11 is 6.11. The van der Waals surface area contributed by atoms with E-state index >= 15 is 0 Å². The van der Waals surface area contributed by atoms with Crippen LogP contribution in [0.5, 0.6) is 5.75 Å². The average molecular weight is 524 g/mol.